The molecule has 0 unspecified atom stereocenters. The number of carbonyl (C=O) groups excluding carboxylic acids is 1. The fourth-order valence-corrected chi connectivity index (χ4v) is 3.18. The molecule has 1 amide bonds. The highest BCUT2D eigenvalue weighted by molar-refractivity contribution is 6.31. The van der Waals surface area contributed by atoms with Gasteiger partial charge in [0, 0.05) is 23.7 Å². The number of aromatic amines is 1. The first-order chi connectivity index (χ1) is 14.5. The van der Waals surface area contributed by atoms with Gasteiger partial charge in [-0.25, -0.2) is 4.68 Å². The minimum absolute atomic E-state index is 0.175. The summed E-state index contributed by atoms with van der Waals surface area (Å²) in [4.78, 5) is 31.8. The topological polar surface area (TPSA) is 105 Å². The number of benzene rings is 2. The Balaban J connectivity index is 1.46. The van der Waals surface area contributed by atoms with Gasteiger partial charge in [0.2, 0.25) is 11.9 Å². The normalized spacial score (nSPS) is 10.9. The Bertz CT molecular complexity index is 1270. The number of carbonyl (C=O) groups is 1. The number of amides is 1. The smallest absolute Gasteiger partial charge is 0.263 e. The molecule has 152 valence electrons. The third-order valence-corrected chi connectivity index (χ3v) is 5.03. The van der Waals surface area contributed by atoms with E-state index >= 15 is 0 Å². The first kappa shape index (κ1) is 19.7. The number of hydrogen-bond donors (Lipinski definition) is 3. The van der Waals surface area contributed by atoms with E-state index in [-0.39, 0.29) is 23.8 Å². The number of nitrogens with one attached hydrogen (secondary N) is 3. The molecule has 4 rings (SSSR count). The predicted octanol–water partition coefficient (Wildman–Crippen LogP) is 3.51. The van der Waals surface area contributed by atoms with E-state index in [0.717, 1.165) is 11.3 Å². The molecule has 2 aromatic heterocycles. The highest BCUT2D eigenvalue weighted by Crippen LogP contribution is 2.23. The molecular formula is C21H19ClN6O2. The van der Waals surface area contributed by atoms with Crippen LogP contribution in [0.3, 0.4) is 0 Å². The van der Waals surface area contributed by atoms with Crippen LogP contribution in [0.4, 0.5) is 11.6 Å². The van der Waals surface area contributed by atoms with E-state index in [1.165, 1.54) is 6.20 Å². The van der Waals surface area contributed by atoms with Crippen LogP contribution in [0.25, 0.3) is 16.7 Å². The summed E-state index contributed by atoms with van der Waals surface area (Å²) < 4.78 is 1.60. The number of nitrogens with zero attached hydrogens (tertiary/aromatic N) is 3. The van der Waals surface area contributed by atoms with Gasteiger partial charge >= 0.3 is 0 Å². The molecule has 8 nitrogen and oxygen atoms in total. The zero-order chi connectivity index (χ0) is 21.1. The first-order valence-electron chi connectivity index (χ1n) is 9.35. The van der Waals surface area contributed by atoms with Gasteiger partial charge in [-0.2, -0.15) is 10.1 Å². The van der Waals surface area contributed by atoms with Crippen molar-refractivity contribution in [3.63, 3.8) is 0 Å². The summed E-state index contributed by atoms with van der Waals surface area (Å²) in [5, 5.41) is 11.1. The second-order valence-corrected chi connectivity index (χ2v) is 7.09. The molecular weight excluding hydrogens is 404 g/mol. The van der Waals surface area contributed by atoms with Gasteiger partial charge in [-0.05, 0) is 36.8 Å². The van der Waals surface area contributed by atoms with Gasteiger partial charge < -0.3 is 10.6 Å². The van der Waals surface area contributed by atoms with Crippen LogP contribution in [0.2, 0.25) is 5.02 Å². The van der Waals surface area contributed by atoms with E-state index in [9.17, 15) is 9.59 Å². The highest BCUT2D eigenvalue weighted by Gasteiger charge is 2.12. The van der Waals surface area contributed by atoms with Crippen molar-refractivity contribution in [2.75, 3.05) is 17.2 Å². The van der Waals surface area contributed by atoms with Crippen LogP contribution in [0.15, 0.2) is 59.5 Å². The Hall–Kier alpha value is -3.65. The molecule has 0 atom stereocenters. The van der Waals surface area contributed by atoms with Crippen molar-refractivity contribution < 1.29 is 4.79 Å². The van der Waals surface area contributed by atoms with Crippen LogP contribution in [-0.4, -0.2) is 32.2 Å². The second kappa shape index (κ2) is 8.38. The minimum Gasteiger partial charge on any atom is -0.355 e. The summed E-state index contributed by atoms with van der Waals surface area (Å²) in [6, 6.07) is 14.8. The van der Waals surface area contributed by atoms with E-state index in [1.807, 2.05) is 37.3 Å². The van der Waals surface area contributed by atoms with Crippen LogP contribution in [0.1, 0.15) is 12.0 Å². The molecule has 0 saturated carbocycles. The van der Waals surface area contributed by atoms with Gasteiger partial charge in [0.1, 0.15) is 5.39 Å². The fraction of sp³-hybridized carbons (Fsp3) is 0.143. The molecule has 0 saturated heterocycles. The third kappa shape index (κ3) is 4.04. The predicted molar refractivity (Wildman–Crippen MR) is 117 cm³/mol. The number of hydrogen-bond acceptors (Lipinski definition) is 5. The fourth-order valence-electron chi connectivity index (χ4n) is 3.01. The Labute approximate surface area is 176 Å². The molecule has 30 heavy (non-hydrogen) atoms. The second-order valence-electron chi connectivity index (χ2n) is 6.68. The van der Waals surface area contributed by atoms with Crippen molar-refractivity contribution in [3.8, 4) is 5.69 Å². The molecule has 2 heterocycles. The van der Waals surface area contributed by atoms with Crippen LogP contribution in [-0.2, 0) is 4.79 Å². The van der Waals surface area contributed by atoms with E-state index < -0.39 is 0 Å². The monoisotopic (exact) mass is 422 g/mol. The Morgan fingerprint density at radius 1 is 1.17 bits per heavy atom. The van der Waals surface area contributed by atoms with Crippen molar-refractivity contribution in [2.24, 2.45) is 0 Å². The lowest BCUT2D eigenvalue weighted by molar-refractivity contribution is -0.115. The van der Waals surface area contributed by atoms with Gasteiger partial charge in [-0.3, -0.25) is 14.6 Å². The number of rotatable bonds is 6. The van der Waals surface area contributed by atoms with Crippen LogP contribution in [0.5, 0.6) is 0 Å². The summed E-state index contributed by atoms with van der Waals surface area (Å²) in [5.41, 5.74) is 2.42. The zero-order valence-corrected chi connectivity index (χ0v) is 16.9. The number of anilines is 2. The lowest BCUT2D eigenvalue weighted by Crippen LogP contribution is -2.19. The number of para-hydroxylation sites is 1. The standard InChI is InChI=1S/C21H19ClN6O2/c1-13-16(22)8-5-9-17(13)25-18(29)10-11-23-21-26-19-15(20(30)27-21)12-24-28(19)14-6-3-2-4-7-14/h2-9,12H,10-11H2,1H3,(H,25,29)(H2,23,26,27,30). The third-order valence-electron chi connectivity index (χ3n) is 4.63. The van der Waals surface area contributed by atoms with Gasteiger partial charge in [-0.15, -0.1) is 0 Å². The molecule has 0 bridgehead atoms. The van der Waals surface area contributed by atoms with Crippen molar-refractivity contribution in [1.82, 2.24) is 19.7 Å². The Morgan fingerprint density at radius 2 is 1.97 bits per heavy atom. The van der Waals surface area contributed by atoms with E-state index in [0.29, 0.717) is 28.3 Å². The summed E-state index contributed by atoms with van der Waals surface area (Å²) in [7, 11) is 0. The molecule has 0 aliphatic rings. The number of H-pyrrole nitrogens is 1. The number of aromatic nitrogens is 4. The SMILES string of the molecule is Cc1c(Cl)cccc1NC(=O)CCNc1nc2c(cnn2-c2ccccc2)c(=O)[nH]1. The first-order valence-corrected chi connectivity index (χ1v) is 9.73. The molecule has 0 aliphatic heterocycles. The lowest BCUT2D eigenvalue weighted by Gasteiger charge is -2.10. The molecule has 0 radical (unpaired) electrons. The molecule has 0 aliphatic carbocycles. The molecule has 2 aromatic carbocycles. The maximum absolute atomic E-state index is 12.4. The van der Waals surface area contributed by atoms with Crippen LogP contribution >= 0.6 is 11.6 Å². The average Bonchev–Trinajstić information content (AvgIpc) is 3.17. The zero-order valence-electron chi connectivity index (χ0n) is 16.1. The van der Waals surface area contributed by atoms with Gasteiger partial charge in [-0.1, -0.05) is 35.9 Å². The maximum Gasteiger partial charge on any atom is 0.263 e. The summed E-state index contributed by atoms with van der Waals surface area (Å²) >= 11 is 6.08. The number of fused-ring (bicyclic) bond motifs is 1. The van der Waals surface area contributed by atoms with Crippen molar-refractivity contribution in [3.05, 3.63) is 75.7 Å². The Kier molecular flexibility index (Phi) is 5.49. The highest BCUT2D eigenvalue weighted by atomic mass is 35.5. The van der Waals surface area contributed by atoms with Crippen molar-refractivity contribution in [1.29, 1.82) is 0 Å². The molecule has 9 heteroatoms. The lowest BCUT2D eigenvalue weighted by atomic mass is 10.2. The summed E-state index contributed by atoms with van der Waals surface area (Å²) in [6.07, 6.45) is 1.67. The Morgan fingerprint density at radius 3 is 2.77 bits per heavy atom. The molecule has 4 aromatic rings. The maximum atomic E-state index is 12.4. The van der Waals surface area contributed by atoms with Gasteiger partial charge in [0.25, 0.3) is 5.56 Å². The van der Waals surface area contributed by atoms with Crippen molar-refractivity contribution >= 4 is 40.2 Å². The molecule has 0 fully saturated rings. The average molecular weight is 423 g/mol. The molecule has 0 spiro atoms. The van der Waals surface area contributed by atoms with Gasteiger partial charge in [0.15, 0.2) is 5.65 Å². The minimum atomic E-state index is -0.302. The summed E-state index contributed by atoms with van der Waals surface area (Å²) in [5.74, 6) is 0.0996. The van der Waals surface area contributed by atoms with Crippen molar-refractivity contribution in [2.45, 2.75) is 13.3 Å². The van der Waals surface area contributed by atoms with E-state index in [2.05, 4.69) is 25.7 Å². The largest absolute Gasteiger partial charge is 0.355 e. The van der Waals surface area contributed by atoms with E-state index in [1.54, 1.807) is 22.9 Å². The van der Waals surface area contributed by atoms with Crippen LogP contribution < -0.4 is 16.2 Å². The molecule has 3 N–H and O–H groups in total. The number of halogens is 1. The van der Waals surface area contributed by atoms with Crippen LogP contribution in [0, 0.1) is 6.92 Å². The van der Waals surface area contributed by atoms with Gasteiger partial charge in [0.05, 0.1) is 11.9 Å². The summed E-state index contributed by atoms with van der Waals surface area (Å²) in [6.45, 7) is 2.13. The quantitative estimate of drug-likeness (QED) is 0.441. The van der Waals surface area contributed by atoms with E-state index in [4.69, 9.17) is 11.6 Å².